The van der Waals surface area contributed by atoms with E-state index in [2.05, 4.69) is 46.8 Å². The summed E-state index contributed by atoms with van der Waals surface area (Å²) < 4.78 is 113. The number of benzene rings is 7. The fourth-order valence-corrected chi connectivity index (χ4v) is 9.22. The molecule has 0 amide bonds. The number of para-hydroxylation sites is 1. The number of aromatic hydroxyl groups is 1. The first-order valence-corrected chi connectivity index (χ1v) is 24.2. The minimum atomic E-state index is -3.41. The number of nitrogens with zero attached hydrogens (tertiary/aromatic N) is 3. The number of phenolic OH excluding ortho intramolecular Hbond substituents is 1. The Labute approximate surface area is 462 Å². The zero-order valence-corrected chi connectivity index (χ0v) is 44.9. The van der Waals surface area contributed by atoms with Crippen molar-refractivity contribution in [3.05, 3.63) is 191 Å². The Bertz CT molecular complexity index is 3910. The third-order valence-corrected chi connectivity index (χ3v) is 13.4. The average molecular weight is 1140 g/mol. The second-order valence-corrected chi connectivity index (χ2v) is 21.4. The van der Waals surface area contributed by atoms with E-state index in [0.29, 0.717) is 72.7 Å². The summed E-state index contributed by atoms with van der Waals surface area (Å²) in [6.07, 6.45) is 1.61. The number of rotatable bonds is 9. The monoisotopic (exact) mass is 1140 g/mol. The van der Waals surface area contributed by atoms with Crippen LogP contribution in [0.25, 0.3) is 83.9 Å². The number of imidazole rings is 1. The van der Waals surface area contributed by atoms with Gasteiger partial charge < -0.3 is 5.11 Å². The smallest absolute Gasteiger partial charge is 0.148 e. The molecule has 2 aromatic heterocycles. The SMILES string of the molecule is [2H]C([2H])([2H])c1cc(-c2cc(C(C)C)cc(C([2H])(C)C)c2)ccc1-n1c(-c2cc(C(C)(C)C)cc(C(C)(C)C)c2O)nc2c(-c3[c-]c(-c4cc(-c5ccc(C(C([2H])([2H])[2H])(C([2H])([2H])[2H])C([2H])([2H])[2H])cc5)ccn4)cc(-c4ccccc4)c3)cccc21.[Pt]. The molecule has 9 rings (SSSR count). The van der Waals surface area contributed by atoms with Crippen LogP contribution in [0.2, 0.25) is 0 Å². The summed E-state index contributed by atoms with van der Waals surface area (Å²) in [5.74, 6) is -0.446. The predicted octanol–water partition coefficient (Wildman–Crippen LogP) is 18.4. The summed E-state index contributed by atoms with van der Waals surface area (Å²) in [5.41, 5.74) is 7.59. The molecular weight excluding hydrogens is 1060 g/mol. The summed E-state index contributed by atoms with van der Waals surface area (Å²) >= 11 is 0. The van der Waals surface area contributed by atoms with Crippen LogP contribution in [0.1, 0.15) is 153 Å². The number of fused-ring (bicyclic) bond motifs is 1. The van der Waals surface area contributed by atoms with Crippen LogP contribution in [0.15, 0.2) is 152 Å². The van der Waals surface area contributed by atoms with Gasteiger partial charge in [-0.3, -0.25) is 9.55 Å². The van der Waals surface area contributed by atoms with E-state index < -0.39 is 44.1 Å². The van der Waals surface area contributed by atoms with E-state index in [4.69, 9.17) is 23.7 Å². The van der Waals surface area contributed by atoms with E-state index in [9.17, 15) is 9.22 Å². The molecule has 72 heavy (non-hydrogen) atoms. The van der Waals surface area contributed by atoms with Gasteiger partial charge in [0.25, 0.3) is 0 Å². The van der Waals surface area contributed by atoms with Crippen molar-refractivity contribution in [3.8, 4) is 78.6 Å². The van der Waals surface area contributed by atoms with Crippen LogP contribution in [0.3, 0.4) is 0 Å². The van der Waals surface area contributed by atoms with Crippen molar-refractivity contribution >= 4 is 11.0 Å². The molecule has 2 heterocycles. The first kappa shape index (κ1) is 37.4. The summed E-state index contributed by atoms with van der Waals surface area (Å²) in [6.45, 7) is 7.42. The molecule has 0 spiro atoms. The van der Waals surface area contributed by atoms with E-state index in [1.807, 2.05) is 142 Å². The standard InChI is InChI=1S/C67H70N3O.Pt/c1-41(2)48-32-49(42(3)4)34-51(33-48)46-25-28-60(43(5)31-46)70-61-22-18-21-56(62(61)69-64(70)57-39-55(66(9,10)11)40-58(63(57)71)67(12,13)14)52-35-50(44-19-16-15-17-20-44)36-53(37-52)59-38-47(29-30-68-59)45-23-26-54(27-24-45)65(6,7)8;/h15-36,38-42,71H,1-14H3;/q-1;/i5D3,6D3,7D3,8D3,41D;. The summed E-state index contributed by atoms with van der Waals surface area (Å²) in [7, 11) is 0. The Morgan fingerprint density at radius 2 is 1.25 bits per heavy atom. The zero-order chi connectivity index (χ0) is 61.7. The third kappa shape index (κ3) is 10.4. The molecule has 0 radical (unpaired) electrons. The Morgan fingerprint density at radius 3 is 1.92 bits per heavy atom. The fourth-order valence-electron chi connectivity index (χ4n) is 9.22. The molecule has 0 aliphatic carbocycles. The minimum absolute atomic E-state index is 0. The van der Waals surface area contributed by atoms with Gasteiger partial charge >= 0.3 is 0 Å². The van der Waals surface area contributed by atoms with Crippen LogP contribution in [-0.4, -0.2) is 19.6 Å². The Balaban J connectivity index is 0.00000940. The van der Waals surface area contributed by atoms with Crippen molar-refractivity contribution in [1.82, 2.24) is 14.5 Å². The van der Waals surface area contributed by atoms with Gasteiger partial charge in [0.15, 0.2) is 0 Å². The quantitative estimate of drug-likeness (QED) is 0.147. The number of hydrogen-bond donors (Lipinski definition) is 1. The summed E-state index contributed by atoms with van der Waals surface area (Å²) in [5, 5.41) is 12.6. The van der Waals surface area contributed by atoms with E-state index in [1.165, 1.54) is 24.3 Å². The summed E-state index contributed by atoms with van der Waals surface area (Å²) in [6, 6.07) is 47.7. The molecule has 0 saturated heterocycles. The van der Waals surface area contributed by atoms with Gasteiger partial charge in [0.1, 0.15) is 11.6 Å². The molecule has 5 heteroatoms. The third-order valence-electron chi connectivity index (χ3n) is 13.4. The number of phenols is 1. The van der Waals surface area contributed by atoms with E-state index in [1.54, 1.807) is 18.3 Å². The van der Waals surface area contributed by atoms with Gasteiger partial charge in [0.05, 0.1) is 22.3 Å². The van der Waals surface area contributed by atoms with Gasteiger partial charge in [-0.2, -0.15) is 0 Å². The van der Waals surface area contributed by atoms with Gasteiger partial charge in [-0.15, -0.1) is 23.8 Å². The number of aryl methyl sites for hydroxylation is 1. The van der Waals surface area contributed by atoms with Crippen molar-refractivity contribution in [2.45, 2.75) is 125 Å². The number of hydrogen-bond acceptors (Lipinski definition) is 3. The van der Waals surface area contributed by atoms with Crippen LogP contribution >= 0.6 is 0 Å². The first-order chi connectivity index (χ1) is 38.8. The Hall–Kier alpha value is -6.35. The molecule has 0 atom stereocenters. The molecule has 0 aliphatic rings. The van der Waals surface area contributed by atoms with Crippen molar-refractivity contribution in [2.75, 3.05) is 0 Å². The van der Waals surface area contributed by atoms with E-state index >= 15 is 0 Å². The van der Waals surface area contributed by atoms with Crippen molar-refractivity contribution in [1.29, 1.82) is 0 Å². The minimum Gasteiger partial charge on any atom is -0.507 e. The second-order valence-electron chi connectivity index (χ2n) is 21.4. The summed E-state index contributed by atoms with van der Waals surface area (Å²) in [4.78, 5) is 10.3. The molecule has 9 aromatic rings. The number of aromatic nitrogens is 3. The molecule has 0 aliphatic heterocycles. The Morgan fingerprint density at radius 1 is 0.583 bits per heavy atom. The van der Waals surface area contributed by atoms with Crippen LogP contribution in [0.5, 0.6) is 5.75 Å². The molecule has 0 unspecified atom stereocenters. The topological polar surface area (TPSA) is 50.9 Å². The molecule has 1 N–H and O–H groups in total. The molecule has 0 saturated carbocycles. The maximum Gasteiger partial charge on any atom is 0.148 e. The van der Waals surface area contributed by atoms with Crippen LogP contribution in [0, 0.1) is 12.9 Å². The van der Waals surface area contributed by atoms with E-state index in [0.717, 1.165) is 33.4 Å². The van der Waals surface area contributed by atoms with Crippen molar-refractivity contribution in [2.24, 2.45) is 0 Å². The fraction of sp³-hybridized carbons (Fsp3) is 0.284. The van der Waals surface area contributed by atoms with Gasteiger partial charge in [0, 0.05) is 56.3 Å². The zero-order valence-electron chi connectivity index (χ0n) is 55.6. The maximum absolute atomic E-state index is 12.6. The molecule has 370 valence electrons. The molecule has 4 nitrogen and oxygen atoms in total. The van der Waals surface area contributed by atoms with Crippen LogP contribution < -0.4 is 0 Å². The normalized spacial score (nSPS) is 15.7. The second kappa shape index (κ2) is 19.9. The molecule has 0 fully saturated rings. The largest absolute Gasteiger partial charge is 0.507 e. The van der Waals surface area contributed by atoms with Gasteiger partial charge in [-0.25, -0.2) is 4.98 Å². The van der Waals surface area contributed by atoms with Gasteiger partial charge in [-0.1, -0.05) is 210 Å². The van der Waals surface area contributed by atoms with Gasteiger partial charge in [-0.05, 0) is 121 Å². The van der Waals surface area contributed by atoms with Gasteiger partial charge in [0.2, 0.25) is 0 Å². The average Bonchev–Trinajstić information content (AvgIpc) is 1.44. The first-order valence-electron chi connectivity index (χ1n) is 30.7. The van der Waals surface area contributed by atoms with Crippen molar-refractivity contribution in [3.63, 3.8) is 0 Å². The molecule has 0 bridgehead atoms. The van der Waals surface area contributed by atoms with Crippen molar-refractivity contribution < 1.29 is 44.0 Å². The van der Waals surface area contributed by atoms with E-state index in [-0.39, 0.29) is 49.3 Å². The predicted molar refractivity (Wildman–Crippen MR) is 301 cm³/mol. The molecule has 7 aromatic carbocycles. The molecular formula is C67H70N3OPt-. The maximum atomic E-state index is 12.6. The van der Waals surface area contributed by atoms with Crippen LogP contribution in [-0.2, 0) is 37.3 Å². The van der Waals surface area contributed by atoms with Crippen LogP contribution in [0.4, 0.5) is 0 Å². The number of pyridine rings is 1. The Kier molecular flexibility index (Phi) is 10.4.